The molecule has 0 bridgehead atoms. The molecule has 36 heavy (non-hydrogen) atoms. The topological polar surface area (TPSA) is 66.5 Å². The van der Waals surface area contributed by atoms with Crippen molar-refractivity contribution >= 4 is 44.8 Å². The average Bonchev–Trinajstić information content (AvgIpc) is 2.88. The van der Waals surface area contributed by atoms with Crippen molar-refractivity contribution in [1.29, 1.82) is 0 Å². The minimum Gasteiger partial charge on any atom is -0.344 e. The Kier molecular flexibility index (Phi) is 7.99. The van der Waals surface area contributed by atoms with Crippen LogP contribution in [0.25, 0.3) is 0 Å². The lowest BCUT2D eigenvalue weighted by molar-refractivity contribution is -0.120. The number of carbonyl (C=O) groups excluding carboxylic acids is 1. The lowest BCUT2D eigenvalue weighted by atomic mass is 9.99. The highest BCUT2D eigenvalue weighted by Crippen LogP contribution is 2.33. The van der Waals surface area contributed by atoms with E-state index in [-0.39, 0.29) is 15.6 Å². The Morgan fingerprint density at radius 2 is 1.39 bits per heavy atom. The second kappa shape index (κ2) is 11.2. The zero-order valence-corrected chi connectivity index (χ0v) is 21.8. The van der Waals surface area contributed by atoms with E-state index in [2.05, 4.69) is 5.32 Å². The monoisotopic (exact) mass is 538 g/mol. The van der Waals surface area contributed by atoms with Gasteiger partial charge in [-0.2, -0.15) is 0 Å². The van der Waals surface area contributed by atoms with Gasteiger partial charge in [-0.05, 0) is 48.4 Å². The van der Waals surface area contributed by atoms with Gasteiger partial charge in [0.25, 0.3) is 10.0 Å². The summed E-state index contributed by atoms with van der Waals surface area (Å²) >= 11 is 12.6. The SMILES string of the molecule is Cc1ccc(S(=O)(=O)N(CC(=O)NC(c2ccccc2)c2ccccc2)c2cc(Cl)ccc2Cl)cc1. The fourth-order valence-corrected chi connectivity index (χ4v) is 5.67. The average molecular weight is 539 g/mol. The maximum Gasteiger partial charge on any atom is 0.264 e. The number of aryl methyl sites for hydroxylation is 1. The van der Waals surface area contributed by atoms with Crippen molar-refractivity contribution in [1.82, 2.24) is 5.32 Å². The number of rotatable bonds is 8. The molecule has 4 rings (SSSR count). The third-order valence-electron chi connectivity index (χ3n) is 5.64. The van der Waals surface area contributed by atoms with E-state index in [1.165, 1.54) is 24.3 Å². The van der Waals surface area contributed by atoms with Crippen LogP contribution in [0.15, 0.2) is 108 Å². The Labute approximate surface area is 221 Å². The van der Waals surface area contributed by atoms with Crippen LogP contribution in [0.3, 0.4) is 0 Å². The molecule has 0 aliphatic carbocycles. The molecule has 0 aliphatic heterocycles. The summed E-state index contributed by atoms with van der Waals surface area (Å²) < 4.78 is 28.4. The van der Waals surface area contributed by atoms with Gasteiger partial charge in [-0.3, -0.25) is 9.10 Å². The Hall–Kier alpha value is -3.32. The predicted octanol–water partition coefficient (Wildman–Crippen LogP) is 6.40. The second-order valence-corrected chi connectivity index (χ2v) is 10.9. The molecule has 0 radical (unpaired) electrons. The van der Waals surface area contributed by atoms with E-state index < -0.39 is 28.5 Å². The van der Waals surface area contributed by atoms with Crippen LogP contribution in [-0.2, 0) is 14.8 Å². The number of hydrogen-bond donors (Lipinski definition) is 1. The molecule has 5 nitrogen and oxygen atoms in total. The van der Waals surface area contributed by atoms with Gasteiger partial charge in [-0.25, -0.2) is 8.42 Å². The molecule has 184 valence electrons. The number of nitrogens with zero attached hydrogens (tertiary/aromatic N) is 1. The van der Waals surface area contributed by atoms with Gasteiger partial charge in [0.2, 0.25) is 5.91 Å². The summed E-state index contributed by atoms with van der Waals surface area (Å²) in [5.74, 6) is -0.501. The van der Waals surface area contributed by atoms with E-state index >= 15 is 0 Å². The molecule has 0 aliphatic rings. The molecule has 4 aromatic rings. The number of sulfonamides is 1. The van der Waals surface area contributed by atoms with Crippen molar-refractivity contribution in [2.45, 2.75) is 17.9 Å². The smallest absolute Gasteiger partial charge is 0.264 e. The first-order chi connectivity index (χ1) is 17.3. The van der Waals surface area contributed by atoms with Crippen LogP contribution >= 0.6 is 23.2 Å². The minimum absolute atomic E-state index is 0.0413. The van der Waals surface area contributed by atoms with Crippen LogP contribution in [-0.4, -0.2) is 20.9 Å². The summed E-state index contributed by atoms with van der Waals surface area (Å²) in [4.78, 5) is 13.5. The molecule has 0 saturated heterocycles. The van der Waals surface area contributed by atoms with E-state index in [0.29, 0.717) is 5.02 Å². The molecule has 8 heteroatoms. The van der Waals surface area contributed by atoms with Gasteiger partial charge in [-0.15, -0.1) is 0 Å². The van der Waals surface area contributed by atoms with E-state index in [4.69, 9.17) is 23.2 Å². The Bertz CT molecular complexity index is 1410. The molecule has 0 spiro atoms. The molecule has 4 aromatic carbocycles. The van der Waals surface area contributed by atoms with Crippen LogP contribution in [0.2, 0.25) is 10.0 Å². The number of nitrogens with one attached hydrogen (secondary N) is 1. The van der Waals surface area contributed by atoms with Crippen LogP contribution in [0, 0.1) is 6.92 Å². The molecule has 0 atom stereocenters. The fraction of sp³-hybridized carbons (Fsp3) is 0.107. The normalized spacial score (nSPS) is 11.3. The third-order valence-corrected chi connectivity index (χ3v) is 7.97. The van der Waals surface area contributed by atoms with E-state index in [9.17, 15) is 13.2 Å². The summed E-state index contributed by atoms with van der Waals surface area (Å²) in [6.45, 7) is 1.37. The zero-order chi connectivity index (χ0) is 25.7. The van der Waals surface area contributed by atoms with Crippen molar-refractivity contribution in [2.75, 3.05) is 10.8 Å². The Morgan fingerprint density at radius 1 is 0.833 bits per heavy atom. The van der Waals surface area contributed by atoms with E-state index in [1.54, 1.807) is 18.2 Å². The predicted molar refractivity (Wildman–Crippen MR) is 145 cm³/mol. The lowest BCUT2D eigenvalue weighted by Gasteiger charge is -2.27. The molecular weight excluding hydrogens is 515 g/mol. The highest BCUT2D eigenvalue weighted by atomic mass is 35.5. The summed E-state index contributed by atoms with van der Waals surface area (Å²) in [6.07, 6.45) is 0. The number of benzene rings is 4. The number of carbonyl (C=O) groups is 1. The number of halogens is 2. The van der Waals surface area contributed by atoms with Crippen molar-refractivity contribution in [3.05, 3.63) is 130 Å². The first kappa shape index (κ1) is 25.8. The molecule has 0 unspecified atom stereocenters. The Balaban J connectivity index is 1.71. The molecule has 1 N–H and O–H groups in total. The van der Waals surface area contributed by atoms with Gasteiger partial charge in [0.15, 0.2) is 0 Å². The van der Waals surface area contributed by atoms with E-state index in [0.717, 1.165) is 21.0 Å². The van der Waals surface area contributed by atoms with Crippen molar-refractivity contribution in [2.24, 2.45) is 0 Å². The molecule has 0 heterocycles. The van der Waals surface area contributed by atoms with Crippen LogP contribution in [0.5, 0.6) is 0 Å². The summed E-state index contributed by atoms with van der Waals surface area (Å²) in [5, 5.41) is 3.45. The number of hydrogen-bond acceptors (Lipinski definition) is 3. The number of amides is 1. The zero-order valence-electron chi connectivity index (χ0n) is 19.4. The van der Waals surface area contributed by atoms with Crippen molar-refractivity contribution < 1.29 is 13.2 Å². The molecular formula is C28H24Cl2N2O3S. The standard InChI is InChI=1S/C28H24Cl2N2O3S/c1-20-12-15-24(16-13-20)36(34,35)32(26-18-23(29)14-17-25(26)30)19-27(33)31-28(21-8-4-2-5-9-21)22-10-6-3-7-11-22/h2-18,28H,19H2,1H3,(H,31,33). The first-order valence-corrected chi connectivity index (χ1v) is 13.4. The van der Waals surface area contributed by atoms with Crippen molar-refractivity contribution in [3.63, 3.8) is 0 Å². The fourth-order valence-electron chi connectivity index (χ4n) is 3.80. The lowest BCUT2D eigenvalue weighted by Crippen LogP contribution is -2.42. The van der Waals surface area contributed by atoms with Crippen LogP contribution < -0.4 is 9.62 Å². The van der Waals surface area contributed by atoms with Crippen LogP contribution in [0.4, 0.5) is 5.69 Å². The highest BCUT2D eigenvalue weighted by molar-refractivity contribution is 7.92. The first-order valence-electron chi connectivity index (χ1n) is 11.2. The van der Waals surface area contributed by atoms with Gasteiger partial charge in [-0.1, -0.05) is 102 Å². The summed E-state index contributed by atoms with van der Waals surface area (Å²) in [7, 11) is -4.14. The molecule has 0 saturated carbocycles. The highest BCUT2D eigenvalue weighted by Gasteiger charge is 2.30. The second-order valence-electron chi connectivity index (χ2n) is 8.24. The van der Waals surface area contributed by atoms with Crippen LogP contribution in [0.1, 0.15) is 22.7 Å². The molecule has 0 fully saturated rings. The largest absolute Gasteiger partial charge is 0.344 e. The minimum atomic E-state index is -4.14. The maximum atomic E-state index is 13.7. The van der Waals surface area contributed by atoms with Gasteiger partial charge in [0.05, 0.1) is 21.6 Å². The van der Waals surface area contributed by atoms with Gasteiger partial charge in [0.1, 0.15) is 6.54 Å². The summed E-state index contributed by atoms with van der Waals surface area (Å²) in [6, 6.07) is 29.4. The van der Waals surface area contributed by atoms with E-state index in [1.807, 2.05) is 67.6 Å². The van der Waals surface area contributed by atoms with Gasteiger partial charge in [0, 0.05) is 5.02 Å². The summed E-state index contributed by atoms with van der Waals surface area (Å²) in [5.41, 5.74) is 2.76. The quantitative estimate of drug-likeness (QED) is 0.282. The molecule has 1 amide bonds. The number of anilines is 1. The third kappa shape index (κ3) is 5.90. The van der Waals surface area contributed by atoms with Gasteiger partial charge >= 0.3 is 0 Å². The Morgan fingerprint density at radius 3 is 1.94 bits per heavy atom. The van der Waals surface area contributed by atoms with Gasteiger partial charge < -0.3 is 5.32 Å². The maximum absolute atomic E-state index is 13.7. The molecule has 0 aromatic heterocycles. The van der Waals surface area contributed by atoms with Crippen molar-refractivity contribution in [3.8, 4) is 0 Å².